The van der Waals surface area contributed by atoms with E-state index in [4.69, 9.17) is 9.84 Å². The molecule has 0 unspecified atom stereocenters. The van der Waals surface area contributed by atoms with E-state index >= 15 is 0 Å². The molecule has 2 saturated heterocycles. The first-order valence-corrected chi connectivity index (χ1v) is 10.3. The number of phenols is 1. The van der Waals surface area contributed by atoms with Crippen LogP contribution in [0.3, 0.4) is 0 Å². The standard InChI is InChI=1S/C22H30N2O5/c25-16-9-7-15(8-10-16)24-21(26)14-23-13-18-17(19-11-12-20(18)29-19)5-3-1-2-4-6-22(27)28/h1,3,7-10,17-20,23,25H,2,4-6,11-14H2,(H,24,26)(H,27,28)/t17-,18+,19-,20+/m1/s1. The van der Waals surface area contributed by atoms with Gasteiger partial charge in [0, 0.05) is 24.6 Å². The predicted octanol–water partition coefficient (Wildman–Crippen LogP) is 2.92. The van der Waals surface area contributed by atoms with Crippen molar-refractivity contribution in [2.24, 2.45) is 11.8 Å². The second kappa shape index (κ2) is 10.4. The van der Waals surface area contributed by atoms with Crippen LogP contribution in [0.1, 0.15) is 38.5 Å². The van der Waals surface area contributed by atoms with Crippen molar-refractivity contribution in [2.45, 2.75) is 50.7 Å². The number of carboxylic acids is 1. The van der Waals surface area contributed by atoms with Crippen molar-refractivity contribution >= 4 is 17.6 Å². The molecule has 0 radical (unpaired) electrons. The van der Waals surface area contributed by atoms with Gasteiger partial charge in [0.15, 0.2) is 0 Å². The smallest absolute Gasteiger partial charge is 0.303 e. The molecule has 29 heavy (non-hydrogen) atoms. The van der Waals surface area contributed by atoms with Crippen LogP contribution in [-0.4, -0.2) is 47.4 Å². The van der Waals surface area contributed by atoms with Gasteiger partial charge in [-0.1, -0.05) is 12.2 Å². The average Bonchev–Trinajstić information content (AvgIpc) is 3.28. The molecule has 2 aliphatic rings. The van der Waals surface area contributed by atoms with E-state index in [1.165, 1.54) is 12.1 Å². The number of carbonyl (C=O) groups is 2. The number of ether oxygens (including phenoxy) is 1. The van der Waals surface area contributed by atoms with Gasteiger partial charge in [-0.05, 0) is 62.3 Å². The Morgan fingerprint density at radius 1 is 1.10 bits per heavy atom. The van der Waals surface area contributed by atoms with E-state index in [-0.39, 0.29) is 30.7 Å². The highest BCUT2D eigenvalue weighted by atomic mass is 16.5. The number of unbranched alkanes of at least 4 members (excludes halogenated alkanes) is 1. The second-order valence-electron chi connectivity index (χ2n) is 7.84. The number of rotatable bonds is 11. The number of allylic oxidation sites excluding steroid dienone is 2. The van der Waals surface area contributed by atoms with Crippen LogP contribution in [0.4, 0.5) is 5.69 Å². The van der Waals surface area contributed by atoms with E-state index in [0.29, 0.717) is 30.0 Å². The molecule has 2 fully saturated rings. The van der Waals surface area contributed by atoms with Crippen molar-refractivity contribution in [1.29, 1.82) is 0 Å². The molecule has 1 aromatic rings. The van der Waals surface area contributed by atoms with Crippen molar-refractivity contribution in [2.75, 3.05) is 18.4 Å². The van der Waals surface area contributed by atoms with Crippen LogP contribution >= 0.6 is 0 Å². The number of nitrogens with one attached hydrogen (secondary N) is 2. The summed E-state index contributed by atoms with van der Waals surface area (Å²) in [6.45, 7) is 0.966. The molecule has 1 amide bonds. The van der Waals surface area contributed by atoms with E-state index in [1.807, 2.05) is 0 Å². The van der Waals surface area contributed by atoms with Crippen LogP contribution in [-0.2, 0) is 14.3 Å². The summed E-state index contributed by atoms with van der Waals surface area (Å²) in [6, 6.07) is 6.40. The summed E-state index contributed by atoms with van der Waals surface area (Å²) in [6.07, 6.45) is 9.55. The zero-order chi connectivity index (χ0) is 20.6. The molecular weight excluding hydrogens is 372 g/mol. The van der Waals surface area contributed by atoms with Gasteiger partial charge in [-0.25, -0.2) is 0 Å². The van der Waals surface area contributed by atoms with Crippen LogP contribution in [0.25, 0.3) is 0 Å². The van der Waals surface area contributed by atoms with Gasteiger partial charge in [-0.2, -0.15) is 0 Å². The minimum absolute atomic E-state index is 0.116. The number of anilines is 1. The molecular formula is C22H30N2O5. The number of amides is 1. The molecule has 1 aromatic carbocycles. The minimum Gasteiger partial charge on any atom is -0.508 e. The van der Waals surface area contributed by atoms with Gasteiger partial charge in [0.05, 0.1) is 18.8 Å². The third-order valence-corrected chi connectivity index (χ3v) is 5.74. The van der Waals surface area contributed by atoms with Crippen LogP contribution in [0.2, 0.25) is 0 Å². The molecule has 7 heteroatoms. The first-order chi connectivity index (χ1) is 14.0. The molecule has 0 spiro atoms. The Kier molecular flexibility index (Phi) is 7.66. The molecule has 0 saturated carbocycles. The van der Waals surface area contributed by atoms with E-state index in [9.17, 15) is 14.7 Å². The lowest BCUT2D eigenvalue weighted by atomic mass is 9.77. The summed E-state index contributed by atoms with van der Waals surface area (Å²) in [5, 5.41) is 24.0. The number of hydrogen-bond donors (Lipinski definition) is 4. The van der Waals surface area contributed by atoms with Crippen molar-refractivity contribution in [3.05, 3.63) is 36.4 Å². The van der Waals surface area contributed by atoms with Gasteiger partial charge >= 0.3 is 5.97 Å². The Bertz CT molecular complexity index is 718. The number of hydrogen-bond acceptors (Lipinski definition) is 5. The molecule has 3 rings (SSSR count). The molecule has 4 atom stereocenters. The lowest BCUT2D eigenvalue weighted by molar-refractivity contribution is -0.137. The normalized spacial score (nSPS) is 25.5. The lowest BCUT2D eigenvalue weighted by Crippen LogP contribution is -2.38. The van der Waals surface area contributed by atoms with Crippen LogP contribution in [0, 0.1) is 11.8 Å². The van der Waals surface area contributed by atoms with Gasteiger partial charge < -0.3 is 25.6 Å². The van der Waals surface area contributed by atoms with E-state index in [1.54, 1.807) is 12.1 Å². The minimum atomic E-state index is -0.750. The molecule has 0 aromatic heterocycles. The lowest BCUT2D eigenvalue weighted by Gasteiger charge is -2.27. The molecule has 2 bridgehead atoms. The van der Waals surface area contributed by atoms with Crippen LogP contribution in [0.15, 0.2) is 36.4 Å². The van der Waals surface area contributed by atoms with Gasteiger partial charge in [-0.3, -0.25) is 9.59 Å². The fraction of sp³-hybridized carbons (Fsp3) is 0.545. The molecule has 2 heterocycles. The maximum Gasteiger partial charge on any atom is 0.303 e. The van der Waals surface area contributed by atoms with E-state index in [0.717, 1.165) is 32.2 Å². The van der Waals surface area contributed by atoms with Crippen molar-refractivity contribution in [1.82, 2.24) is 5.32 Å². The number of phenolic OH excluding ortho intramolecular Hbond substituents is 1. The van der Waals surface area contributed by atoms with E-state index in [2.05, 4.69) is 22.8 Å². The highest BCUT2D eigenvalue weighted by molar-refractivity contribution is 5.92. The third kappa shape index (κ3) is 6.30. The van der Waals surface area contributed by atoms with Gasteiger partial charge in [0.25, 0.3) is 0 Å². The fourth-order valence-electron chi connectivity index (χ4n) is 4.32. The number of fused-ring (bicyclic) bond motifs is 2. The molecule has 0 aliphatic carbocycles. The van der Waals surface area contributed by atoms with Crippen LogP contribution in [0.5, 0.6) is 5.75 Å². The summed E-state index contributed by atoms with van der Waals surface area (Å²) < 4.78 is 6.10. The summed E-state index contributed by atoms with van der Waals surface area (Å²) >= 11 is 0. The van der Waals surface area contributed by atoms with Crippen molar-refractivity contribution in [3.63, 3.8) is 0 Å². The largest absolute Gasteiger partial charge is 0.508 e. The van der Waals surface area contributed by atoms with Gasteiger partial charge in [0.1, 0.15) is 5.75 Å². The Labute approximate surface area is 171 Å². The highest BCUT2D eigenvalue weighted by Gasteiger charge is 2.47. The predicted molar refractivity (Wildman–Crippen MR) is 110 cm³/mol. The third-order valence-electron chi connectivity index (χ3n) is 5.74. The Morgan fingerprint density at radius 2 is 1.83 bits per heavy atom. The topological polar surface area (TPSA) is 108 Å². The Balaban J connectivity index is 1.40. The second-order valence-corrected chi connectivity index (χ2v) is 7.84. The van der Waals surface area contributed by atoms with Gasteiger partial charge in [0.2, 0.25) is 5.91 Å². The summed E-state index contributed by atoms with van der Waals surface area (Å²) in [5.74, 6) is 0.130. The SMILES string of the molecule is O=C(O)CCCC=CC[C@@H]1[C@H](CNCC(=O)Nc2ccc(O)cc2)[C@@H]2CC[C@H]1O2. The number of carboxylic acid groups (broad SMARTS) is 1. The first kappa shape index (κ1) is 21.3. The molecule has 4 N–H and O–H groups in total. The average molecular weight is 402 g/mol. The maximum absolute atomic E-state index is 12.1. The Hall–Kier alpha value is -2.38. The monoisotopic (exact) mass is 402 g/mol. The number of carbonyl (C=O) groups excluding carboxylic acids is 1. The highest BCUT2D eigenvalue weighted by Crippen LogP contribution is 2.44. The molecule has 158 valence electrons. The summed E-state index contributed by atoms with van der Waals surface area (Å²) in [4.78, 5) is 22.7. The summed E-state index contributed by atoms with van der Waals surface area (Å²) in [7, 11) is 0. The van der Waals surface area contributed by atoms with Crippen LogP contribution < -0.4 is 10.6 Å². The maximum atomic E-state index is 12.1. The number of benzene rings is 1. The molecule has 7 nitrogen and oxygen atoms in total. The van der Waals surface area contributed by atoms with Crippen molar-refractivity contribution < 1.29 is 24.5 Å². The van der Waals surface area contributed by atoms with Crippen molar-refractivity contribution in [3.8, 4) is 5.75 Å². The number of aromatic hydroxyl groups is 1. The Morgan fingerprint density at radius 3 is 2.55 bits per heavy atom. The summed E-state index contributed by atoms with van der Waals surface area (Å²) in [5.41, 5.74) is 0.656. The number of aliphatic carboxylic acids is 1. The zero-order valence-corrected chi connectivity index (χ0v) is 16.5. The van der Waals surface area contributed by atoms with E-state index < -0.39 is 5.97 Å². The van der Waals surface area contributed by atoms with Gasteiger partial charge in [-0.15, -0.1) is 0 Å². The first-order valence-electron chi connectivity index (χ1n) is 10.3. The quantitative estimate of drug-likeness (QED) is 0.258. The zero-order valence-electron chi connectivity index (χ0n) is 16.5. The fourth-order valence-corrected chi connectivity index (χ4v) is 4.32. The molecule has 2 aliphatic heterocycles.